The summed E-state index contributed by atoms with van der Waals surface area (Å²) in [6.45, 7) is 3.05. The Labute approximate surface area is 139 Å². The van der Waals surface area contributed by atoms with Gasteiger partial charge in [0.05, 0.1) is 14.2 Å². The highest BCUT2D eigenvalue weighted by Crippen LogP contribution is 2.27. The predicted octanol–water partition coefficient (Wildman–Crippen LogP) is 1.41. The lowest BCUT2D eigenvalue weighted by Gasteiger charge is -2.33. The van der Waals surface area contributed by atoms with Crippen LogP contribution in [0.3, 0.4) is 0 Å². The van der Waals surface area contributed by atoms with Gasteiger partial charge in [0.2, 0.25) is 5.79 Å². The molecule has 1 unspecified atom stereocenters. The van der Waals surface area contributed by atoms with Crippen molar-refractivity contribution in [1.29, 1.82) is 0 Å². The number of hydrogen-bond donors (Lipinski definition) is 2. The Balaban J connectivity index is 2.20. The average molecular weight is 337 g/mol. The first-order valence-electron chi connectivity index (χ1n) is 7.09. The molecule has 24 heavy (non-hydrogen) atoms. The van der Waals surface area contributed by atoms with Crippen molar-refractivity contribution in [1.82, 2.24) is 0 Å². The van der Waals surface area contributed by atoms with Gasteiger partial charge in [-0.3, -0.25) is 0 Å². The predicted molar refractivity (Wildman–Crippen MR) is 83.3 cm³/mol. The van der Waals surface area contributed by atoms with Gasteiger partial charge in [-0.05, 0) is 12.1 Å². The first-order valence-corrected chi connectivity index (χ1v) is 7.09. The molecule has 1 aromatic rings. The minimum absolute atomic E-state index is 0.0784. The maximum Gasteiger partial charge on any atom is 0.343 e. The van der Waals surface area contributed by atoms with Crippen molar-refractivity contribution in [3.05, 3.63) is 35.5 Å². The van der Waals surface area contributed by atoms with Crippen molar-refractivity contribution in [2.45, 2.75) is 25.9 Å². The lowest BCUT2D eigenvalue weighted by molar-refractivity contribution is -0.279. The van der Waals surface area contributed by atoms with E-state index < -0.39 is 24.0 Å². The van der Waals surface area contributed by atoms with Crippen molar-refractivity contribution >= 4 is 17.6 Å². The molecule has 1 heterocycles. The van der Waals surface area contributed by atoms with Gasteiger partial charge >= 0.3 is 11.9 Å². The normalized spacial score (nSPS) is 21.1. The number of cyclic esters (lactones) is 1. The molecule has 0 amide bonds. The van der Waals surface area contributed by atoms with Crippen molar-refractivity contribution in [2.75, 3.05) is 19.5 Å². The van der Waals surface area contributed by atoms with E-state index >= 15 is 0 Å². The second-order valence-corrected chi connectivity index (χ2v) is 5.41. The summed E-state index contributed by atoms with van der Waals surface area (Å²) in [5.74, 6) is -2.11. The van der Waals surface area contributed by atoms with Gasteiger partial charge in [0, 0.05) is 31.8 Å². The smallest absolute Gasteiger partial charge is 0.343 e. The summed E-state index contributed by atoms with van der Waals surface area (Å²) in [6.07, 6.45) is -0.139. The molecule has 130 valence electrons. The number of esters is 2. The van der Waals surface area contributed by atoms with Gasteiger partial charge in [-0.1, -0.05) is 0 Å². The van der Waals surface area contributed by atoms with Crippen LogP contribution >= 0.6 is 0 Å². The summed E-state index contributed by atoms with van der Waals surface area (Å²) in [5, 5.41) is 12.7. The Hall–Kier alpha value is -2.58. The number of benzene rings is 1. The lowest BCUT2D eigenvalue weighted by atomic mass is 10.1. The highest BCUT2D eigenvalue weighted by Gasteiger charge is 2.38. The number of aliphatic hydroxyl groups is 1. The Kier molecular flexibility index (Phi) is 5.10. The molecule has 1 aliphatic heterocycles. The van der Waals surface area contributed by atoms with Crippen LogP contribution in [0.25, 0.3) is 0 Å². The number of rotatable bonds is 4. The molecule has 0 bridgehead atoms. The van der Waals surface area contributed by atoms with Gasteiger partial charge in [0.15, 0.2) is 6.29 Å². The van der Waals surface area contributed by atoms with Gasteiger partial charge in [-0.25, -0.2) is 9.59 Å². The molecular formula is C16H19NO7. The number of ether oxygens (including phenoxy) is 4. The van der Waals surface area contributed by atoms with E-state index in [4.69, 9.17) is 14.2 Å². The van der Waals surface area contributed by atoms with Crippen LogP contribution in [-0.2, 0) is 19.0 Å². The molecule has 0 aromatic heterocycles. The van der Waals surface area contributed by atoms with Crippen molar-refractivity contribution in [3.63, 3.8) is 0 Å². The molecule has 1 atom stereocenters. The van der Waals surface area contributed by atoms with Gasteiger partial charge in [0.1, 0.15) is 16.9 Å². The first kappa shape index (κ1) is 17.8. The standard InChI is InChI=1S/C16H19NO7/c1-16(2)23-14(19)11(15(20)24-16)8-17-9-5-6-10(13(18)22-4)12(7-9)21-3/h5-8,14,17,19H,1-4H3/b11-8+. The largest absolute Gasteiger partial charge is 0.496 e. The molecule has 8 heteroatoms. The summed E-state index contributed by atoms with van der Waals surface area (Å²) >= 11 is 0. The summed E-state index contributed by atoms with van der Waals surface area (Å²) in [7, 11) is 2.69. The molecule has 0 radical (unpaired) electrons. The maximum absolute atomic E-state index is 11.9. The second-order valence-electron chi connectivity index (χ2n) is 5.41. The molecule has 1 fully saturated rings. The third-order valence-corrected chi connectivity index (χ3v) is 3.24. The summed E-state index contributed by atoms with van der Waals surface area (Å²) in [6, 6.07) is 4.66. The van der Waals surface area contributed by atoms with Crippen LogP contribution < -0.4 is 10.1 Å². The molecule has 1 aliphatic rings. The van der Waals surface area contributed by atoms with Gasteiger partial charge < -0.3 is 29.4 Å². The van der Waals surface area contributed by atoms with Crippen LogP contribution in [0, 0.1) is 0 Å². The van der Waals surface area contributed by atoms with Gasteiger partial charge in [-0.2, -0.15) is 0 Å². The fourth-order valence-corrected chi connectivity index (χ4v) is 2.09. The Bertz CT molecular complexity index is 681. The second kappa shape index (κ2) is 6.90. The number of hydrogen-bond acceptors (Lipinski definition) is 8. The minimum Gasteiger partial charge on any atom is -0.496 e. The fourth-order valence-electron chi connectivity index (χ4n) is 2.09. The third kappa shape index (κ3) is 3.84. The lowest BCUT2D eigenvalue weighted by Crippen LogP contribution is -2.44. The van der Waals surface area contributed by atoms with Crippen molar-refractivity contribution in [2.24, 2.45) is 0 Å². The number of carbonyl (C=O) groups excluding carboxylic acids is 2. The molecule has 0 saturated carbocycles. The van der Waals surface area contributed by atoms with E-state index in [0.717, 1.165) is 0 Å². The Morgan fingerprint density at radius 1 is 1.38 bits per heavy atom. The van der Waals surface area contributed by atoms with E-state index in [9.17, 15) is 14.7 Å². The highest BCUT2D eigenvalue weighted by molar-refractivity contribution is 5.93. The summed E-state index contributed by atoms with van der Waals surface area (Å²) in [5.41, 5.74) is 0.711. The van der Waals surface area contributed by atoms with E-state index in [1.165, 1.54) is 40.3 Å². The number of methoxy groups -OCH3 is 2. The zero-order valence-electron chi connectivity index (χ0n) is 13.8. The molecule has 8 nitrogen and oxygen atoms in total. The molecule has 0 aliphatic carbocycles. The van der Waals surface area contributed by atoms with E-state index in [1.54, 1.807) is 12.1 Å². The van der Waals surface area contributed by atoms with E-state index in [-0.39, 0.29) is 11.1 Å². The quantitative estimate of drug-likeness (QED) is 0.628. The Morgan fingerprint density at radius 3 is 2.67 bits per heavy atom. The third-order valence-electron chi connectivity index (χ3n) is 3.24. The van der Waals surface area contributed by atoms with Crippen LogP contribution in [0.4, 0.5) is 5.69 Å². The average Bonchev–Trinajstić information content (AvgIpc) is 2.52. The van der Waals surface area contributed by atoms with Gasteiger partial charge in [-0.15, -0.1) is 0 Å². The molecule has 2 N–H and O–H groups in total. The SMILES string of the molecule is COC(=O)c1ccc(N/C=C2/C(=O)OC(C)(C)OC2O)cc1OC. The minimum atomic E-state index is -1.41. The molecule has 1 saturated heterocycles. The maximum atomic E-state index is 11.9. The topological polar surface area (TPSA) is 103 Å². The highest BCUT2D eigenvalue weighted by atomic mass is 16.8. The van der Waals surface area contributed by atoms with Crippen molar-refractivity contribution < 1.29 is 33.6 Å². The van der Waals surface area contributed by atoms with Crippen LogP contribution in [0.5, 0.6) is 5.75 Å². The summed E-state index contributed by atoms with van der Waals surface area (Å²) in [4.78, 5) is 23.5. The monoisotopic (exact) mass is 337 g/mol. The number of nitrogens with one attached hydrogen (secondary N) is 1. The summed E-state index contributed by atoms with van der Waals surface area (Å²) < 4.78 is 20.0. The Morgan fingerprint density at radius 2 is 2.08 bits per heavy atom. The number of anilines is 1. The van der Waals surface area contributed by atoms with E-state index in [1.807, 2.05) is 0 Å². The van der Waals surface area contributed by atoms with Crippen molar-refractivity contribution in [3.8, 4) is 5.75 Å². The molecular weight excluding hydrogens is 318 g/mol. The number of aliphatic hydroxyl groups excluding tert-OH is 1. The number of carbonyl (C=O) groups is 2. The molecule has 0 spiro atoms. The zero-order valence-corrected chi connectivity index (χ0v) is 13.8. The van der Waals surface area contributed by atoms with Crippen LogP contribution in [0.1, 0.15) is 24.2 Å². The van der Waals surface area contributed by atoms with E-state index in [0.29, 0.717) is 11.4 Å². The van der Waals surface area contributed by atoms with E-state index in [2.05, 4.69) is 10.1 Å². The zero-order chi connectivity index (χ0) is 17.9. The van der Waals surface area contributed by atoms with Crippen LogP contribution in [-0.4, -0.2) is 43.3 Å². The molecule has 1 aromatic carbocycles. The fraction of sp³-hybridized carbons (Fsp3) is 0.375. The van der Waals surface area contributed by atoms with Crippen LogP contribution in [0.2, 0.25) is 0 Å². The van der Waals surface area contributed by atoms with Crippen LogP contribution in [0.15, 0.2) is 30.0 Å². The molecule has 2 rings (SSSR count). The first-order chi connectivity index (χ1) is 11.3. The van der Waals surface area contributed by atoms with Gasteiger partial charge in [0.25, 0.3) is 0 Å².